The Labute approximate surface area is 153 Å². The first kappa shape index (κ1) is 18.3. The van der Waals surface area contributed by atoms with E-state index in [0.29, 0.717) is 24.7 Å². The normalized spacial score (nSPS) is 23.0. The van der Waals surface area contributed by atoms with Gasteiger partial charge in [0.15, 0.2) is 0 Å². The van der Waals surface area contributed by atoms with Crippen molar-refractivity contribution < 1.29 is 19.4 Å². The summed E-state index contributed by atoms with van der Waals surface area (Å²) in [5.74, 6) is 0.371. The molecular formula is C19H26ClNO4. The molecule has 1 atom stereocenters. The predicted molar refractivity (Wildman–Crippen MR) is 96.2 cm³/mol. The van der Waals surface area contributed by atoms with E-state index in [9.17, 15) is 9.90 Å². The molecule has 138 valence electrons. The molecule has 0 bridgehead atoms. The Hall–Kier alpha value is -1.46. The van der Waals surface area contributed by atoms with Gasteiger partial charge in [-0.2, -0.15) is 0 Å². The number of carbonyl (C=O) groups is 1. The highest BCUT2D eigenvalue weighted by atomic mass is 35.5. The van der Waals surface area contributed by atoms with Crippen molar-refractivity contribution >= 4 is 17.7 Å². The second-order valence-corrected chi connectivity index (χ2v) is 8.48. The first-order valence-corrected chi connectivity index (χ1v) is 9.16. The first-order valence-electron chi connectivity index (χ1n) is 8.78. The molecule has 2 aliphatic rings. The van der Waals surface area contributed by atoms with E-state index in [1.807, 2.05) is 32.9 Å². The van der Waals surface area contributed by atoms with E-state index in [0.717, 1.165) is 24.8 Å². The third-order valence-corrected chi connectivity index (χ3v) is 5.28. The summed E-state index contributed by atoms with van der Waals surface area (Å²) in [7, 11) is 0. The van der Waals surface area contributed by atoms with Crippen LogP contribution in [0.25, 0.3) is 0 Å². The summed E-state index contributed by atoms with van der Waals surface area (Å²) in [6.07, 6.45) is 2.29. The summed E-state index contributed by atoms with van der Waals surface area (Å²) in [5, 5.41) is 9.95. The number of carbonyl (C=O) groups excluding carboxylic acids is 1. The average Bonchev–Trinajstić information content (AvgIpc) is 2.93. The number of hydrogen-bond donors (Lipinski definition) is 1. The van der Waals surface area contributed by atoms with Gasteiger partial charge < -0.3 is 19.5 Å². The molecule has 0 aromatic heterocycles. The zero-order chi connectivity index (χ0) is 18.2. The zero-order valence-electron chi connectivity index (χ0n) is 15.0. The minimum Gasteiger partial charge on any atom is -0.506 e. The maximum absolute atomic E-state index is 12.2. The van der Waals surface area contributed by atoms with E-state index in [1.54, 1.807) is 11.0 Å². The number of aromatic hydroxyl groups is 1. The van der Waals surface area contributed by atoms with Gasteiger partial charge in [-0.1, -0.05) is 17.7 Å². The van der Waals surface area contributed by atoms with Gasteiger partial charge in [-0.05, 0) is 57.7 Å². The fourth-order valence-corrected chi connectivity index (χ4v) is 3.80. The fourth-order valence-electron chi connectivity index (χ4n) is 3.61. The maximum atomic E-state index is 12.2. The molecule has 1 unspecified atom stereocenters. The van der Waals surface area contributed by atoms with Gasteiger partial charge in [0, 0.05) is 19.0 Å². The van der Waals surface area contributed by atoms with Gasteiger partial charge in [0.25, 0.3) is 0 Å². The Balaban J connectivity index is 1.59. The molecule has 0 saturated carbocycles. The topological polar surface area (TPSA) is 59.0 Å². The highest BCUT2D eigenvalue weighted by Crippen LogP contribution is 2.43. The van der Waals surface area contributed by atoms with E-state index in [2.05, 4.69) is 0 Å². The van der Waals surface area contributed by atoms with Crippen LogP contribution in [0.4, 0.5) is 4.79 Å². The summed E-state index contributed by atoms with van der Waals surface area (Å²) < 4.78 is 11.6. The van der Waals surface area contributed by atoms with E-state index in [4.69, 9.17) is 21.1 Å². The molecule has 2 saturated heterocycles. The summed E-state index contributed by atoms with van der Waals surface area (Å²) in [4.78, 5) is 14.0. The lowest BCUT2D eigenvalue weighted by molar-refractivity contribution is -0.0485. The van der Waals surface area contributed by atoms with Crippen LogP contribution < -0.4 is 0 Å². The molecule has 1 spiro atoms. The van der Waals surface area contributed by atoms with Crippen LogP contribution in [0.15, 0.2) is 18.2 Å². The lowest BCUT2D eigenvalue weighted by Crippen LogP contribution is -2.47. The van der Waals surface area contributed by atoms with Gasteiger partial charge in [0.05, 0.1) is 17.2 Å². The minimum atomic E-state index is -0.473. The number of hydrogen-bond acceptors (Lipinski definition) is 4. The number of amides is 1. The number of halogens is 1. The first-order chi connectivity index (χ1) is 11.7. The number of phenolic OH excluding ortho intramolecular Hbond substituents is 1. The fraction of sp³-hybridized carbons (Fsp3) is 0.632. The predicted octanol–water partition coefficient (Wildman–Crippen LogP) is 4.32. The molecule has 0 aliphatic carbocycles. The number of nitrogens with zero attached hydrogens (tertiary/aromatic N) is 1. The van der Waals surface area contributed by atoms with Crippen molar-refractivity contribution in [2.24, 2.45) is 0 Å². The molecule has 2 heterocycles. The Kier molecular flexibility index (Phi) is 4.91. The molecule has 1 aromatic carbocycles. The van der Waals surface area contributed by atoms with Gasteiger partial charge in [-0.15, -0.1) is 0 Å². The quantitative estimate of drug-likeness (QED) is 0.803. The molecule has 1 aromatic rings. The molecule has 5 nitrogen and oxygen atoms in total. The van der Waals surface area contributed by atoms with Gasteiger partial charge in [-0.25, -0.2) is 4.79 Å². The van der Waals surface area contributed by atoms with E-state index < -0.39 is 5.60 Å². The largest absolute Gasteiger partial charge is 0.506 e. The van der Waals surface area contributed by atoms with Crippen LogP contribution in [0.1, 0.15) is 51.5 Å². The molecule has 0 radical (unpaired) electrons. The summed E-state index contributed by atoms with van der Waals surface area (Å²) in [5.41, 5.74) is 0.446. The number of rotatable bonds is 1. The van der Waals surface area contributed by atoms with Crippen molar-refractivity contribution in [3.05, 3.63) is 28.8 Å². The third kappa shape index (κ3) is 4.21. The van der Waals surface area contributed by atoms with Crippen LogP contribution in [-0.2, 0) is 9.47 Å². The van der Waals surface area contributed by atoms with Crippen LogP contribution in [-0.4, -0.2) is 47.0 Å². The number of ether oxygens (including phenoxy) is 2. The second-order valence-electron chi connectivity index (χ2n) is 8.07. The van der Waals surface area contributed by atoms with Crippen molar-refractivity contribution in [3.63, 3.8) is 0 Å². The van der Waals surface area contributed by atoms with Crippen molar-refractivity contribution in [1.82, 2.24) is 4.90 Å². The Morgan fingerprint density at radius 1 is 1.36 bits per heavy atom. The van der Waals surface area contributed by atoms with E-state index in [1.165, 1.54) is 0 Å². The van der Waals surface area contributed by atoms with Gasteiger partial charge >= 0.3 is 6.09 Å². The van der Waals surface area contributed by atoms with Crippen LogP contribution in [0.3, 0.4) is 0 Å². The molecule has 6 heteroatoms. The number of likely N-dealkylation sites (tertiary alicyclic amines) is 1. The van der Waals surface area contributed by atoms with Crippen LogP contribution in [0, 0.1) is 0 Å². The standard InChI is InChI=1S/C19H26ClNO4/c1-18(2,3)25-17(23)21-8-6-19(7-9-21)11-14(12-24-19)13-4-5-16(22)15(20)10-13/h4-5,10,14,22H,6-9,11-12H2,1-3H3. The Morgan fingerprint density at radius 2 is 2.04 bits per heavy atom. The van der Waals surface area contributed by atoms with Gasteiger partial charge in [0.2, 0.25) is 0 Å². The lowest BCUT2D eigenvalue weighted by Gasteiger charge is -2.39. The van der Waals surface area contributed by atoms with Crippen molar-refractivity contribution in [3.8, 4) is 5.75 Å². The smallest absolute Gasteiger partial charge is 0.410 e. The number of phenols is 1. The second kappa shape index (κ2) is 6.69. The molecule has 2 fully saturated rings. The van der Waals surface area contributed by atoms with Crippen LogP contribution >= 0.6 is 11.6 Å². The van der Waals surface area contributed by atoms with Crippen molar-refractivity contribution in [2.75, 3.05) is 19.7 Å². The monoisotopic (exact) mass is 367 g/mol. The molecule has 1 amide bonds. The number of piperidine rings is 1. The highest BCUT2D eigenvalue weighted by Gasteiger charge is 2.44. The average molecular weight is 368 g/mol. The molecule has 25 heavy (non-hydrogen) atoms. The molecule has 3 rings (SSSR count). The van der Waals surface area contributed by atoms with Crippen LogP contribution in [0.5, 0.6) is 5.75 Å². The maximum Gasteiger partial charge on any atom is 0.410 e. The van der Waals surface area contributed by atoms with Gasteiger partial charge in [0.1, 0.15) is 11.4 Å². The van der Waals surface area contributed by atoms with Gasteiger partial charge in [-0.3, -0.25) is 0 Å². The molecule has 1 N–H and O–H groups in total. The SMILES string of the molecule is CC(C)(C)OC(=O)N1CCC2(CC1)CC(c1ccc(O)c(Cl)c1)CO2. The third-order valence-electron chi connectivity index (χ3n) is 4.98. The molecular weight excluding hydrogens is 342 g/mol. The zero-order valence-corrected chi connectivity index (χ0v) is 15.8. The van der Waals surface area contributed by atoms with Crippen molar-refractivity contribution in [2.45, 2.75) is 57.2 Å². The minimum absolute atomic E-state index is 0.102. The van der Waals surface area contributed by atoms with E-state index in [-0.39, 0.29) is 23.4 Å². The number of benzene rings is 1. The van der Waals surface area contributed by atoms with Crippen LogP contribution in [0.2, 0.25) is 5.02 Å². The summed E-state index contributed by atoms with van der Waals surface area (Å²) >= 11 is 6.03. The Morgan fingerprint density at radius 3 is 2.64 bits per heavy atom. The lowest BCUT2D eigenvalue weighted by atomic mass is 9.83. The highest BCUT2D eigenvalue weighted by molar-refractivity contribution is 6.32. The Bertz CT molecular complexity index is 647. The van der Waals surface area contributed by atoms with Crippen molar-refractivity contribution in [1.29, 1.82) is 0 Å². The summed E-state index contributed by atoms with van der Waals surface area (Å²) in [6.45, 7) is 7.58. The van der Waals surface area contributed by atoms with E-state index >= 15 is 0 Å². The molecule has 2 aliphatic heterocycles. The summed E-state index contributed by atoms with van der Waals surface area (Å²) in [6, 6.07) is 5.36.